The molecule has 0 unspecified atom stereocenters. The van der Waals surface area contributed by atoms with E-state index in [-0.39, 0.29) is 11.3 Å². The number of amides is 1. The number of hydrogen-bond acceptors (Lipinski definition) is 1. The van der Waals surface area contributed by atoms with Crippen molar-refractivity contribution < 1.29 is 4.79 Å². The standard InChI is InChI=1S/C23H25BrN2O/c1-3-23(19-7-5-4-6-16(19)2)10-12-26(13-11-23)22(27)21-15-17-14-18(24)8-9-20(17)25-21/h4-9,14-15,25H,3,10-13H2,1-2H3. The van der Waals surface area contributed by atoms with Crippen molar-refractivity contribution in [3.63, 3.8) is 0 Å². The molecule has 1 N–H and O–H groups in total. The van der Waals surface area contributed by atoms with Crippen molar-refractivity contribution in [2.45, 2.75) is 38.5 Å². The zero-order chi connectivity index (χ0) is 19.0. The minimum Gasteiger partial charge on any atom is -0.351 e. The van der Waals surface area contributed by atoms with E-state index in [1.54, 1.807) is 0 Å². The van der Waals surface area contributed by atoms with Gasteiger partial charge >= 0.3 is 0 Å². The highest BCUT2D eigenvalue weighted by molar-refractivity contribution is 9.10. The number of fused-ring (bicyclic) bond motifs is 1. The third kappa shape index (κ3) is 3.31. The molecule has 0 saturated carbocycles. The van der Waals surface area contributed by atoms with Gasteiger partial charge in [0.2, 0.25) is 0 Å². The molecule has 0 bridgehead atoms. The predicted molar refractivity (Wildman–Crippen MR) is 114 cm³/mol. The van der Waals surface area contributed by atoms with Gasteiger partial charge in [0.05, 0.1) is 0 Å². The quantitative estimate of drug-likeness (QED) is 0.564. The maximum absolute atomic E-state index is 13.0. The summed E-state index contributed by atoms with van der Waals surface area (Å²) >= 11 is 3.49. The van der Waals surface area contributed by atoms with Gasteiger partial charge in [-0.2, -0.15) is 0 Å². The van der Waals surface area contributed by atoms with E-state index in [1.165, 1.54) is 11.1 Å². The highest BCUT2D eigenvalue weighted by Crippen LogP contribution is 2.40. The number of H-pyrrole nitrogens is 1. The van der Waals surface area contributed by atoms with Crippen molar-refractivity contribution >= 4 is 32.7 Å². The minimum atomic E-state index is 0.108. The summed E-state index contributed by atoms with van der Waals surface area (Å²) in [6, 6.07) is 16.7. The molecule has 1 aliphatic heterocycles. The fraction of sp³-hybridized carbons (Fsp3) is 0.348. The molecule has 1 amide bonds. The molecular weight excluding hydrogens is 400 g/mol. The number of carbonyl (C=O) groups is 1. The Bertz CT molecular complexity index is 983. The Kier molecular flexibility index (Phi) is 4.85. The van der Waals surface area contributed by atoms with E-state index >= 15 is 0 Å². The highest BCUT2D eigenvalue weighted by Gasteiger charge is 2.37. The first kappa shape index (κ1) is 18.3. The normalized spacial score (nSPS) is 16.6. The Balaban J connectivity index is 1.54. The SMILES string of the molecule is CCC1(c2ccccc2C)CCN(C(=O)c2cc3cc(Br)ccc3[nH]2)CC1. The van der Waals surface area contributed by atoms with Gasteiger partial charge in [-0.3, -0.25) is 4.79 Å². The monoisotopic (exact) mass is 424 g/mol. The van der Waals surface area contributed by atoms with Crippen molar-refractivity contribution in [3.8, 4) is 0 Å². The lowest BCUT2D eigenvalue weighted by Crippen LogP contribution is -2.45. The number of piperidine rings is 1. The van der Waals surface area contributed by atoms with Gasteiger partial charge in [0, 0.05) is 28.5 Å². The molecule has 1 fully saturated rings. The molecule has 0 radical (unpaired) electrons. The Morgan fingerprint density at radius 2 is 1.89 bits per heavy atom. The molecule has 0 atom stereocenters. The van der Waals surface area contributed by atoms with Crippen LogP contribution in [-0.4, -0.2) is 28.9 Å². The molecule has 3 aromatic rings. The number of halogens is 1. The number of nitrogens with zero attached hydrogens (tertiary/aromatic N) is 1. The Morgan fingerprint density at radius 3 is 2.59 bits per heavy atom. The smallest absolute Gasteiger partial charge is 0.270 e. The summed E-state index contributed by atoms with van der Waals surface area (Å²) in [5, 5.41) is 1.06. The van der Waals surface area contributed by atoms with E-state index in [0.29, 0.717) is 5.69 Å². The first-order valence-electron chi connectivity index (χ1n) is 9.66. The molecule has 1 saturated heterocycles. The number of aromatic amines is 1. The topological polar surface area (TPSA) is 36.1 Å². The lowest BCUT2D eigenvalue weighted by molar-refractivity contribution is 0.0657. The number of benzene rings is 2. The van der Waals surface area contributed by atoms with Crippen LogP contribution < -0.4 is 0 Å². The van der Waals surface area contributed by atoms with Crippen molar-refractivity contribution in [1.82, 2.24) is 9.88 Å². The van der Waals surface area contributed by atoms with Crippen LogP contribution in [0.3, 0.4) is 0 Å². The Morgan fingerprint density at radius 1 is 1.15 bits per heavy atom. The number of rotatable bonds is 3. The lowest BCUT2D eigenvalue weighted by atomic mass is 9.69. The molecule has 1 aliphatic rings. The van der Waals surface area contributed by atoms with E-state index in [1.807, 2.05) is 29.2 Å². The van der Waals surface area contributed by atoms with Gasteiger partial charge in [0.15, 0.2) is 0 Å². The minimum absolute atomic E-state index is 0.108. The van der Waals surface area contributed by atoms with Gasteiger partial charge in [0.25, 0.3) is 5.91 Å². The van der Waals surface area contributed by atoms with Crippen LogP contribution in [0, 0.1) is 6.92 Å². The van der Waals surface area contributed by atoms with Crippen molar-refractivity contribution in [3.05, 3.63) is 69.8 Å². The van der Waals surface area contributed by atoms with E-state index in [4.69, 9.17) is 0 Å². The van der Waals surface area contributed by atoms with Gasteiger partial charge in [0.1, 0.15) is 5.69 Å². The molecule has 140 valence electrons. The lowest BCUT2D eigenvalue weighted by Gasteiger charge is -2.42. The maximum Gasteiger partial charge on any atom is 0.270 e. The van der Waals surface area contributed by atoms with Crippen LogP contribution in [0.1, 0.15) is 47.8 Å². The molecule has 4 heteroatoms. The fourth-order valence-electron chi connectivity index (χ4n) is 4.51. The van der Waals surface area contributed by atoms with Gasteiger partial charge in [-0.25, -0.2) is 0 Å². The van der Waals surface area contributed by atoms with Gasteiger partial charge in [-0.05, 0) is 67.0 Å². The summed E-state index contributed by atoms with van der Waals surface area (Å²) in [5.41, 5.74) is 4.69. The summed E-state index contributed by atoms with van der Waals surface area (Å²) in [4.78, 5) is 18.3. The molecular formula is C23H25BrN2O. The zero-order valence-corrected chi connectivity index (χ0v) is 17.5. The summed E-state index contributed by atoms with van der Waals surface area (Å²) in [6.07, 6.45) is 3.15. The summed E-state index contributed by atoms with van der Waals surface area (Å²) in [6.45, 7) is 6.09. The van der Waals surface area contributed by atoms with Crippen molar-refractivity contribution in [1.29, 1.82) is 0 Å². The molecule has 0 aliphatic carbocycles. The molecule has 27 heavy (non-hydrogen) atoms. The number of carbonyl (C=O) groups excluding carboxylic acids is 1. The molecule has 1 aromatic heterocycles. The Hall–Kier alpha value is -2.07. The van der Waals surface area contributed by atoms with Crippen LogP contribution in [0.5, 0.6) is 0 Å². The molecule has 4 rings (SSSR count). The van der Waals surface area contributed by atoms with Gasteiger partial charge < -0.3 is 9.88 Å². The summed E-state index contributed by atoms with van der Waals surface area (Å²) < 4.78 is 1.02. The van der Waals surface area contributed by atoms with Gasteiger partial charge in [-0.15, -0.1) is 0 Å². The van der Waals surface area contributed by atoms with Crippen LogP contribution in [-0.2, 0) is 5.41 Å². The number of nitrogens with one attached hydrogen (secondary N) is 1. The van der Waals surface area contributed by atoms with E-state index in [2.05, 4.69) is 59.0 Å². The van der Waals surface area contributed by atoms with Crippen LogP contribution in [0.25, 0.3) is 10.9 Å². The average molecular weight is 425 g/mol. The summed E-state index contributed by atoms with van der Waals surface area (Å²) in [5.74, 6) is 0.108. The van der Waals surface area contributed by atoms with Crippen LogP contribution in [0.15, 0.2) is 53.0 Å². The van der Waals surface area contributed by atoms with Crippen LogP contribution in [0.2, 0.25) is 0 Å². The molecule has 2 heterocycles. The van der Waals surface area contributed by atoms with Gasteiger partial charge in [-0.1, -0.05) is 47.1 Å². The number of hydrogen-bond donors (Lipinski definition) is 1. The van der Waals surface area contributed by atoms with E-state index in [0.717, 1.165) is 47.7 Å². The number of likely N-dealkylation sites (tertiary alicyclic amines) is 1. The predicted octanol–water partition coefficient (Wildman–Crippen LogP) is 5.82. The first-order chi connectivity index (χ1) is 13.0. The molecule has 0 spiro atoms. The second-order valence-corrected chi connectivity index (χ2v) is 8.57. The van der Waals surface area contributed by atoms with Crippen molar-refractivity contribution in [2.75, 3.05) is 13.1 Å². The van der Waals surface area contributed by atoms with E-state index < -0.39 is 0 Å². The number of aromatic nitrogens is 1. The molecule has 3 nitrogen and oxygen atoms in total. The van der Waals surface area contributed by atoms with E-state index in [9.17, 15) is 4.79 Å². The second-order valence-electron chi connectivity index (χ2n) is 7.66. The van der Waals surface area contributed by atoms with Crippen LogP contribution >= 0.6 is 15.9 Å². The second kappa shape index (κ2) is 7.16. The maximum atomic E-state index is 13.0. The largest absolute Gasteiger partial charge is 0.351 e. The van der Waals surface area contributed by atoms with Crippen molar-refractivity contribution in [2.24, 2.45) is 0 Å². The Labute approximate surface area is 168 Å². The average Bonchev–Trinajstić information content (AvgIpc) is 3.11. The third-order valence-corrected chi connectivity index (χ3v) is 6.71. The molecule has 2 aromatic carbocycles. The zero-order valence-electron chi connectivity index (χ0n) is 15.9. The number of aryl methyl sites for hydroxylation is 1. The fourth-order valence-corrected chi connectivity index (χ4v) is 4.89. The first-order valence-corrected chi connectivity index (χ1v) is 10.5. The third-order valence-electron chi connectivity index (χ3n) is 6.21. The van der Waals surface area contributed by atoms with Crippen LogP contribution in [0.4, 0.5) is 0 Å². The highest BCUT2D eigenvalue weighted by atomic mass is 79.9. The summed E-state index contributed by atoms with van der Waals surface area (Å²) in [7, 11) is 0.